The summed E-state index contributed by atoms with van der Waals surface area (Å²) < 4.78 is 0. The zero-order chi connectivity index (χ0) is 13.9. The van der Waals surface area contributed by atoms with Gasteiger partial charge in [-0.25, -0.2) is 0 Å². The third-order valence-electron chi connectivity index (χ3n) is 3.57. The number of amides is 1. The Morgan fingerprint density at radius 1 is 1.25 bits per heavy atom. The molecule has 0 aliphatic carbocycles. The van der Waals surface area contributed by atoms with Gasteiger partial charge < -0.3 is 9.69 Å². The first-order valence-corrected chi connectivity index (χ1v) is 6.52. The van der Waals surface area contributed by atoms with Crippen LogP contribution in [0.25, 0.3) is 0 Å². The van der Waals surface area contributed by atoms with Crippen LogP contribution in [0.1, 0.15) is 21.5 Å². The number of nitrogens with zero attached hydrogens (tertiary/aromatic N) is 2. The lowest BCUT2D eigenvalue weighted by molar-refractivity contribution is -0.111. The Morgan fingerprint density at radius 3 is 2.80 bits per heavy atom. The number of carbonyl (C=O) groups excluding carboxylic acids is 2. The Morgan fingerprint density at radius 2 is 2.10 bits per heavy atom. The summed E-state index contributed by atoms with van der Waals surface area (Å²) in [5.41, 5.74) is 2.63. The molecule has 0 saturated carbocycles. The lowest BCUT2D eigenvalue weighted by Gasteiger charge is -2.22. The minimum Gasteiger partial charge on any atom is -0.324 e. The van der Waals surface area contributed by atoms with E-state index in [-0.39, 0.29) is 5.91 Å². The van der Waals surface area contributed by atoms with E-state index in [1.165, 1.54) is 0 Å². The number of rotatable bonds is 4. The van der Waals surface area contributed by atoms with Crippen LogP contribution >= 0.6 is 0 Å². The number of benzene rings is 1. The van der Waals surface area contributed by atoms with Crippen LogP contribution in [0.5, 0.6) is 0 Å². The molecule has 2 heterocycles. The van der Waals surface area contributed by atoms with Crippen molar-refractivity contribution in [2.24, 2.45) is 0 Å². The van der Waals surface area contributed by atoms with Crippen molar-refractivity contribution in [1.29, 1.82) is 0 Å². The van der Waals surface area contributed by atoms with Crippen LogP contribution in [0.4, 0.5) is 0 Å². The van der Waals surface area contributed by atoms with Crippen LogP contribution in [-0.4, -0.2) is 28.1 Å². The molecule has 1 aliphatic heterocycles. The fourth-order valence-corrected chi connectivity index (χ4v) is 2.54. The molecule has 1 amide bonds. The zero-order valence-corrected chi connectivity index (χ0v) is 10.9. The molecule has 2 aromatic rings. The van der Waals surface area contributed by atoms with Crippen LogP contribution in [0.15, 0.2) is 48.8 Å². The summed E-state index contributed by atoms with van der Waals surface area (Å²) in [6, 6.07) is 10.8. The van der Waals surface area contributed by atoms with E-state index in [0.717, 1.165) is 17.4 Å². The highest BCUT2D eigenvalue weighted by Gasteiger charge is 2.32. The largest absolute Gasteiger partial charge is 0.324 e. The second-order valence-electron chi connectivity index (χ2n) is 4.86. The third kappa shape index (κ3) is 2.20. The van der Waals surface area contributed by atoms with E-state index >= 15 is 0 Å². The van der Waals surface area contributed by atoms with Gasteiger partial charge >= 0.3 is 0 Å². The van der Waals surface area contributed by atoms with Gasteiger partial charge in [0.2, 0.25) is 0 Å². The van der Waals surface area contributed by atoms with E-state index in [4.69, 9.17) is 0 Å². The molecule has 3 rings (SSSR count). The van der Waals surface area contributed by atoms with Gasteiger partial charge in [-0.2, -0.15) is 0 Å². The van der Waals surface area contributed by atoms with Gasteiger partial charge in [-0.3, -0.25) is 9.78 Å². The molecule has 4 heteroatoms. The molecule has 100 valence electrons. The highest BCUT2D eigenvalue weighted by Crippen LogP contribution is 2.24. The molecule has 1 aromatic heterocycles. The third-order valence-corrected chi connectivity index (χ3v) is 3.57. The predicted molar refractivity (Wildman–Crippen MR) is 74.1 cm³/mol. The molecule has 0 spiro atoms. The lowest BCUT2D eigenvalue weighted by Crippen LogP contribution is -2.38. The van der Waals surface area contributed by atoms with E-state index < -0.39 is 6.04 Å². The lowest BCUT2D eigenvalue weighted by atomic mass is 10.1. The molecule has 0 N–H and O–H groups in total. The van der Waals surface area contributed by atoms with Gasteiger partial charge in [-0.15, -0.1) is 0 Å². The Bertz CT molecular complexity index is 640. The maximum absolute atomic E-state index is 12.3. The summed E-state index contributed by atoms with van der Waals surface area (Å²) >= 11 is 0. The Hall–Kier alpha value is -2.49. The minimum absolute atomic E-state index is 0.0680. The molecular formula is C16H14N2O2. The highest BCUT2D eigenvalue weighted by atomic mass is 16.2. The molecule has 20 heavy (non-hydrogen) atoms. The first-order valence-electron chi connectivity index (χ1n) is 6.52. The minimum atomic E-state index is -0.445. The van der Waals surface area contributed by atoms with Crippen molar-refractivity contribution in [2.45, 2.75) is 19.0 Å². The van der Waals surface area contributed by atoms with Crippen molar-refractivity contribution in [2.75, 3.05) is 0 Å². The summed E-state index contributed by atoms with van der Waals surface area (Å²) in [6.45, 7) is 0.499. The SMILES string of the molecule is O=CC(Cc1cccnc1)N1Cc2ccccc2C1=O. The van der Waals surface area contributed by atoms with Gasteiger partial charge in [0.25, 0.3) is 5.91 Å². The number of hydrogen-bond acceptors (Lipinski definition) is 3. The summed E-state index contributed by atoms with van der Waals surface area (Å²) in [6.07, 6.45) is 4.76. The molecule has 1 aliphatic rings. The molecule has 0 fully saturated rings. The topological polar surface area (TPSA) is 50.3 Å². The number of carbonyl (C=O) groups is 2. The summed E-state index contributed by atoms with van der Waals surface area (Å²) in [5, 5.41) is 0. The molecule has 4 nitrogen and oxygen atoms in total. The monoisotopic (exact) mass is 266 g/mol. The highest BCUT2D eigenvalue weighted by molar-refractivity contribution is 5.99. The number of aldehydes is 1. The molecule has 1 aromatic carbocycles. The molecule has 0 saturated heterocycles. The van der Waals surface area contributed by atoms with Crippen LogP contribution in [0, 0.1) is 0 Å². The fraction of sp³-hybridized carbons (Fsp3) is 0.188. The predicted octanol–water partition coefficient (Wildman–Crippen LogP) is 1.85. The zero-order valence-electron chi connectivity index (χ0n) is 10.9. The normalized spacial score (nSPS) is 15.0. The van der Waals surface area contributed by atoms with Gasteiger partial charge in [0, 0.05) is 30.9 Å². The second kappa shape index (κ2) is 5.25. The molecule has 1 unspecified atom stereocenters. The van der Waals surface area contributed by atoms with Crippen LogP contribution < -0.4 is 0 Å². The van der Waals surface area contributed by atoms with Gasteiger partial charge in [0.1, 0.15) is 6.29 Å². The molecule has 1 atom stereocenters. The molecular weight excluding hydrogens is 252 g/mol. The van der Waals surface area contributed by atoms with Gasteiger partial charge in [-0.05, 0) is 23.3 Å². The first-order chi connectivity index (χ1) is 9.79. The maximum Gasteiger partial charge on any atom is 0.255 e. The van der Waals surface area contributed by atoms with Crippen LogP contribution in [0.2, 0.25) is 0 Å². The number of pyridine rings is 1. The first kappa shape index (κ1) is 12.5. The number of hydrogen-bond donors (Lipinski definition) is 0. The van der Waals surface area contributed by atoms with Crippen LogP contribution in [-0.2, 0) is 17.8 Å². The van der Waals surface area contributed by atoms with Gasteiger partial charge in [0.15, 0.2) is 0 Å². The van der Waals surface area contributed by atoms with Crippen molar-refractivity contribution in [1.82, 2.24) is 9.88 Å². The Kier molecular flexibility index (Phi) is 3.29. The van der Waals surface area contributed by atoms with E-state index in [1.54, 1.807) is 17.3 Å². The quantitative estimate of drug-likeness (QED) is 0.793. The summed E-state index contributed by atoms with van der Waals surface area (Å²) in [4.78, 5) is 29.4. The van der Waals surface area contributed by atoms with Gasteiger partial charge in [0.05, 0.1) is 6.04 Å². The van der Waals surface area contributed by atoms with Crippen LogP contribution in [0.3, 0.4) is 0 Å². The van der Waals surface area contributed by atoms with E-state index in [0.29, 0.717) is 18.5 Å². The molecule has 0 radical (unpaired) electrons. The van der Waals surface area contributed by atoms with Crippen molar-refractivity contribution < 1.29 is 9.59 Å². The van der Waals surface area contributed by atoms with E-state index in [2.05, 4.69) is 4.98 Å². The Labute approximate surface area is 117 Å². The standard InChI is InChI=1S/C16H14N2O2/c19-11-14(8-12-4-3-7-17-9-12)18-10-13-5-1-2-6-15(13)16(18)20/h1-7,9,11,14H,8,10H2. The van der Waals surface area contributed by atoms with E-state index in [9.17, 15) is 9.59 Å². The maximum atomic E-state index is 12.3. The van der Waals surface area contributed by atoms with Crippen molar-refractivity contribution in [3.63, 3.8) is 0 Å². The summed E-state index contributed by atoms with van der Waals surface area (Å²) in [7, 11) is 0. The Balaban J connectivity index is 1.82. The number of aromatic nitrogens is 1. The fourth-order valence-electron chi connectivity index (χ4n) is 2.54. The molecule has 0 bridgehead atoms. The van der Waals surface area contributed by atoms with Crippen molar-refractivity contribution in [3.05, 3.63) is 65.5 Å². The second-order valence-corrected chi connectivity index (χ2v) is 4.86. The van der Waals surface area contributed by atoms with Crippen molar-refractivity contribution in [3.8, 4) is 0 Å². The van der Waals surface area contributed by atoms with Crippen molar-refractivity contribution >= 4 is 12.2 Å². The summed E-state index contributed by atoms with van der Waals surface area (Å²) in [5.74, 6) is -0.0680. The van der Waals surface area contributed by atoms with Gasteiger partial charge in [-0.1, -0.05) is 24.3 Å². The average Bonchev–Trinajstić information content (AvgIpc) is 2.83. The smallest absolute Gasteiger partial charge is 0.255 e. The average molecular weight is 266 g/mol. The number of fused-ring (bicyclic) bond motifs is 1. The van der Waals surface area contributed by atoms with E-state index in [1.807, 2.05) is 36.4 Å².